The Morgan fingerprint density at radius 1 is 1.03 bits per heavy atom. The Hall–Kier alpha value is -3.77. The van der Waals surface area contributed by atoms with Gasteiger partial charge >= 0.3 is 0 Å². The molecular formula is C27H25ClN2O4. The number of rotatable bonds is 5. The zero-order valence-corrected chi connectivity index (χ0v) is 20.1. The van der Waals surface area contributed by atoms with Crippen molar-refractivity contribution in [1.82, 2.24) is 0 Å². The lowest BCUT2D eigenvalue weighted by atomic mass is 9.94. The van der Waals surface area contributed by atoms with E-state index in [0.717, 1.165) is 11.3 Å². The second-order valence-corrected chi connectivity index (χ2v) is 8.72. The van der Waals surface area contributed by atoms with Gasteiger partial charge in [-0.05, 0) is 54.4 Å². The SMILES string of the molecule is COc1ccc(Cl)cc1/C(O)=C1\C(=O)C(=O)N(c2ccccc2C)C1c1ccc(N(C)C)cc1. The monoisotopic (exact) mass is 476 g/mol. The van der Waals surface area contributed by atoms with E-state index < -0.39 is 17.7 Å². The summed E-state index contributed by atoms with van der Waals surface area (Å²) >= 11 is 6.18. The summed E-state index contributed by atoms with van der Waals surface area (Å²) < 4.78 is 5.39. The zero-order chi connectivity index (χ0) is 24.6. The van der Waals surface area contributed by atoms with Gasteiger partial charge in [-0.15, -0.1) is 0 Å². The second kappa shape index (κ2) is 9.23. The molecule has 1 aliphatic rings. The molecule has 0 aliphatic carbocycles. The zero-order valence-electron chi connectivity index (χ0n) is 19.4. The highest BCUT2D eigenvalue weighted by molar-refractivity contribution is 6.51. The fraction of sp³-hybridized carbons (Fsp3) is 0.185. The summed E-state index contributed by atoms with van der Waals surface area (Å²) in [5.74, 6) is -1.48. The fourth-order valence-electron chi connectivity index (χ4n) is 4.20. The quantitative estimate of drug-likeness (QED) is 0.305. The number of halogens is 1. The minimum atomic E-state index is -0.832. The first-order valence-electron chi connectivity index (χ1n) is 10.7. The molecule has 0 radical (unpaired) electrons. The Bertz CT molecular complexity index is 1300. The van der Waals surface area contributed by atoms with Gasteiger partial charge in [0, 0.05) is 30.5 Å². The van der Waals surface area contributed by atoms with Gasteiger partial charge in [-0.3, -0.25) is 14.5 Å². The van der Waals surface area contributed by atoms with Crippen molar-refractivity contribution >= 4 is 40.4 Å². The van der Waals surface area contributed by atoms with Crippen LogP contribution >= 0.6 is 11.6 Å². The lowest BCUT2D eigenvalue weighted by Crippen LogP contribution is -2.30. The molecule has 6 nitrogen and oxygen atoms in total. The summed E-state index contributed by atoms with van der Waals surface area (Å²) in [6, 6.07) is 18.8. The van der Waals surface area contributed by atoms with Crippen LogP contribution in [0.2, 0.25) is 5.02 Å². The van der Waals surface area contributed by atoms with Crippen molar-refractivity contribution in [1.29, 1.82) is 0 Å². The van der Waals surface area contributed by atoms with Crippen LogP contribution in [-0.4, -0.2) is 38.0 Å². The maximum absolute atomic E-state index is 13.4. The molecule has 174 valence electrons. The number of ketones is 1. The predicted molar refractivity (Wildman–Crippen MR) is 135 cm³/mol. The summed E-state index contributed by atoms with van der Waals surface area (Å²) in [4.78, 5) is 30.1. The van der Waals surface area contributed by atoms with Crippen LogP contribution in [0.25, 0.3) is 5.76 Å². The van der Waals surface area contributed by atoms with Crippen LogP contribution in [0.3, 0.4) is 0 Å². The van der Waals surface area contributed by atoms with E-state index in [0.29, 0.717) is 22.0 Å². The predicted octanol–water partition coefficient (Wildman–Crippen LogP) is 5.35. The molecule has 1 aliphatic heterocycles. The van der Waals surface area contributed by atoms with Crippen molar-refractivity contribution in [3.05, 3.63) is 94.0 Å². The van der Waals surface area contributed by atoms with Crippen LogP contribution < -0.4 is 14.5 Å². The van der Waals surface area contributed by atoms with Gasteiger partial charge in [-0.25, -0.2) is 0 Å². The van der Waals surface area contributed by atoms with Crippen LogP contribution in [-0.2, 0) is 9.59 Å². The van der Waals surface area contributed by atoms with Gasteiger partial charge in [0.05, 0.1) is 24.3 Å². The normalized spacial score (nSPS) is 17.2. The van der Waals surface area contributed by atoms with E-state index in [9.17, 15) is 14.7 Å². The largest absolute Gasteiger partial charge is 0.507 e. The number of aliphatic hydroxyl groups excluding tert-OH is 1. The number of aliphatic hydroxyl groups is 1. The third-order valence-corrected chi connectivity index (χ3v) is 6.20. The molecule has 1 N–H and O–H groups in total. The van der Waals surface area contributed by atoms with E-state index in [-0.39, 0.29) is 16.9 Å². The molecular weight excluding hydrogens is 452 g/mol. The average molecular weight is 477 g/mol. The van der Waals surface area contributed by atoms with Crippen LogP contribution in [0.15, 0.2) is 72.3 Å². The molecule has 0 aromatic heterocycles. The Balaban J connectivity index is 1.99. The average Bonchev–Trinajstić information content (AvgIpc) is 3.09. The number of Topliss-reactive ketones (excluding diaryl/α,β-unsaturated/α-hetero) is 1. The van der Waals surface area contributed by atoms with Crippen molar-refractivity contribution in [3.63, 3.8) is 0 Å². The number of methoxy groups -OCH3 is 1. The molecule has 1 unspecified atom stereocenters. The summed E-state index contributed by atoms with van der Waals surface area (Å²) in [5, 5.41) is 11.7. The van der Waals surface area contributed by atoms with Crippen molar-refractivity contribution in [2.24, 2.45) is 0 Å². The Labute approximate surface area is 203 Å². The number of para-hydroxylation sites is 1. The van der Waals surface area contributed by atoms with Crippen LogP contribution in [0.5, 0.6) is 5.75 Å². The van der Waals surface area contributed by atoms with E-state index in [2.05, 4.69) is 0 Å². The first kappa shape index (κ1) is 23.4. The third kappa shape index (κ3) is 4.01. The summed E-state index contributed by atoms with van der Waals surface area (Å²) in [6.45, 7) is 1.88. The first-order chi connectivity index (χ1) is 16.2. The number of nitrogens with zero attached hydrogens (tertiary/aromatic N) is 2. The first-order valence-corrected chi connectivity index (χ1v) is 11.1. The Kier molecular flexibility index (Phi) is 6.35. The van der Waals surface area contributed by atoms with E-state index >= 15 is 0 Å². The fourth-order valence-corrected chi connectivity index (χ4v) is 4.37. The molecule has 0 bridgehead atoms. The van der Waals surface area contributed by atoms with Crippen molar-refractivity contribution in [2.45, 2.75) is 13.0 Å². The number of carbonyl (C=O) groups excluding carboxylic acids is 2. The standard InChI is InChI=1S/C27H25ClN2O4/c1-16-7-5-6-8-21(16)30-24(17-9-12-19(13-10-17)29(2)3)23(26(32)27(30)33)25(31)20-15-18(28)11-14-22(20)34-4/h5-15,24,31H,1-4H3/b25-23+. The molecule has 0 spiro atoms. The molecule has 3 aromatic rings. The summed E-state index contributed by atoms with van der Waals surface area (Å²) in [5.41, 5.74) is 3.31. The van der Waals surface area contributed by atoms with Gasteiger partial charge in [0.15, 0.2) is 0 Å². The highest BCUT2D eigenvalue weighted by Crippen LogP contribution is 2.44. The molecule has 7 heteroatoms. The van der Waals surface area contributed by atoms with Gasteiger partial charge in [-0.1, -0.05) is 41.9 Å². The van der Waals surface area contributed by atoms with Gasteiger partial charge in [0.2, 0.25) is 0 Å². The van der Waals surface area contributed by atoms with Gasteiger partial charge in [-0.2, -0.15) is 0 Å². The van der Waals surface area contributed by atoms with Gasteiger partial charge < -0.3 is 14.7 Å². The molecule has 4 rings (SSSR count). The third-order valence-electron chi connectivity index (χ3n) is 5.96. The maximum Gasteiger partial charge on any atom is 0.300 e. The van der Waals surface area contributed by atoms with E-state index in [4.69, 9.17) is 16.3 Å². The number of ether oxygens (including phenoxy) is 1. The molecule has 3 aromatic carbocycles. The summed E-state index contributed by atoms with van der Waals surface area (Å²) in [7, 11) is 5.32. The van der Waals surface area contributed by atoms with Crippen LogP contribution in [0, 0.1) is 6.92 Å². The number of aryl methyl sites for hydroxylation is 1. The number of hydrogen-bond acceptors (Lipinski definition) is 5. The smallest absolute Gasteiger partial charge is 0.300 e. The molecule has 1 fully saturated rings. The van der Waals surface area contributed by atoms with E-state index in [1.165, 1.54) is 18.1 Å². The molecule has 1 amide bonds. The van der Waals surface area contributed by atoms with E-state index in [1.807, 2.05) is 68.4 Å². The number of carbonyl (C=O) groups is 2. The lowest BCUT2D eigenvalue weighted by Gasteiger charge is -2.27. The second-order valence-electron chi connectivity index (χ2n) is 8.29. The van der Waals surface area contributed by atoms with Gasteiger partial charge in [0.25, 0.3) is 11.7 Å². The molecule has 0 saturated carbocycles. The van der Waals surface area contributed by atoms with E-state index in [1.54, 1.807) is 18.2 Å². The molecule has 34 heavy (non-hydrogen) atoms. The number of benzene rings is 3. The van der Waals surface area contributed by atoms with Crippen molar-refractivity contribution < 1.29 is 19.4 Å². The van der Waals surface area contributed by atoms with Crippen molar-refractivity contribution in [3.8, 4) is 5.75 Å². The highest BCUT2D eigenvalue weighted by atomic mass is 35.5. The highest BCUT2D eigenvalue weighted by Gasteiger charge is 2.47. The Morgan fingerprint density at radius 3 is 2.32 bits per heavy atom. The minimum Gasteiger partial charge on any atom is -0.507 e. The van der Waals surface area contributed by atoms with Crippen LogP contribution in [0.1, 0.15) is 22.7 Å². The number of hydrogen-bond donors (Lipinski definition) is 1. The van der Waals surface area contributed by atoms with Crippen LogP contribution in [0.4, 0.5) is 11.4 Å². The lowest BCUT2D eigenvalue weighted by molar-refractivity contribution is -0.132. The maximum atomic E-state index is 13.4. The number of amides is 1. The topological polar surface area (TPSA) is 70.1 Å². The minimum absolute atomic E-state index is 0.0218. The molecule has 1 saturated heterocycles. The van der Waals surface area contributed by atoms with Crippen molar-refractivity contribution in [2.75, 3.05) is 31.0 Å². The summed E-state index contributed by atoms with van der Waals surface area (Å²) in [6.07, 6.45) is 0. The molecule has 1 heterocycles. The molecule has 1 atom stereocenters. The Morgan fingerprint density at radius 2 is 1.71 bits per heavy atom. The van der Waals surface area contributed by atoms with Gasteiger partial charge in [0.1, 0.15) is 11.5 Å². The number of anilines is 2.